The van der Waals surface area contributed by atoms with Gasteiger partial charge in [-0.1, -0.05) is 30.7 Å². The Morgan fingerprint density at radius 2 is 2.05 bits per heavy atom. The molecule has 4 nitrogen and oxygen atoms in total. The molecular weight excluding hydrogens is 274 g/mol. The molecule has 2 aromatic rings. The Balaban J connectivity index is 1.87. The SMILES string of the molecule is CCc1nn(C)cc1CNCC(O)c1ccc(Cl)cc1. The zero-order valence-electron chi connectivity index (χ0n) is 11.8. The molecule has 0 bridgehead atoms. The van der Waals surface area contributed by atoms with Crippen molar-refractivity contribution in [2.24, 2.45) is 7.05 Å². The molecule has 0 amide bonds. The van der Waals surface area contributed by atoms with E-state index in [1.54, 1.807) is 12.1 Å². The fourth-order valence-corrected chi connectivity index (χ4v) is 2.30. The third-order valence-electron chi connectivity index (χ3n) is 3.23. The van der Waals surface area contributed by atoms with E-state index < -0.39 is 6.10 Å². The summed E-state index contributed by atoms with van der Waals surface area (Å²) >= 11 is 5.83. The number of nitrogens with one attached hydrogen (secondary N) is 1. The summed E-state index contributed by atoms with van der Waals surface area (Å²) in [5, 5.41) is 18.4. The van der Waals surface area contributed by atoms with E-state index in [4.69, 9.17) is 11.6 Å². The van der Waals surface area contributed by atoms with Gasteiger partial charge in [0.15, 0.2) is 0 Å². The summed E-state index contributed by atoms with van der Waals surface area (Å²) in [6, 6.07) is 7.26. The van der Waals surface area contributed by atoms with Gasteiger partial charge in [-0.15, -0.1) is 0 Å². The summed E-state index contributed by atoms with van der Waals surface area (Å²) in [4.78, 5) is 0. The highest BCUT2D eigenvalue weighted by Gasteiger charge is 2.09. The van der Waals surface area contributed by atoms with Gasteiger partial charge in [0.05, 0.1) is 11.8 Å². The smallest absolute Gasteiger partial charge is 0.0914 e. The molecule has 1 atom stereocenters. The summed E-state index contributed by atoms with van der Waals surface area (Å²) in [7, 11) is 1.92. The Morgan fingerprint density at radius 3 is 2.70 bits per heavy atom. The average molecular weight is 294 g/mol. The van der Waals surface area contributed by atoms with Crippen LogP contribution < -0.4 is 5.32 Å². The van der Waals surface area contributed by atoms with Crippen LogP contribution in [0.2, 0.25) is 5.02 Å². The minimum Gasteiger partial charge on any atom is -0.387 e. The largest absolute Gasteiger partial charge is 0.387 e. The Morgan fingerprint density at radius 1 is 1.35 bits per heavy atom. The number of nitrogens with zero attached hydrogens (tertiary/aromatic N) is 2. The second-order valence-electron chi connectivity index (χ2n) is 4.83. The first-order chi connectivity index (χ1) is 9.60. The molecule has 0 spiro atoms. The van der Waals surface area contributed by atoms with E-state index in [-0.39, 0.29) is 0 Å². The fourth-order valence-electron chi connectivity index (χ4n) is 2.18. The van der Waals surface area contributed by atoms with Crippen LogP contribution >= 0.6 is 11.6 Å². The Bertz CT molecular complexity index is 551. The number of aryl methyl sites for hydroxylation is 2. The molecule has 1 aromatic heterocycles. The first-order valence-electron chi connectivity index (χ1n) is 6.75. The van der Waals surface area contributed by atoms with Crippen molar-refractivity contribution in [1.82, 2.24) is 15.1 Å². The monoisotopic (exact) mass is 293 g/mol. The molecule has 0 aliphatic carbocycles. The lowest BCUT2D eigenvalue weighted by Crippen LogP contribution is -2.21. The molecule has 20 heavy (non-hydrogen) atoms. The zero-order chi connectivity index (χ0) is 14.5. The van der Waals surface area contributed by atoms with Crippen molar-refractivity contribution >= 4 is 11.6 Å². The summed E-state index contributed by atoms with van der Waals surface area (Å²) < 4.78 is 1.82. The van der Waals surface area contributed by atoms with Crippen LogP contribution in [0.3, 0.4) is 0 Å². The van der Waals surface area contributed by atoms with E-state index >= 15 is 0 Å². The van der Waals surface area contributed by atoms with Gasteiger partial charge in [0.2, 0.25) is 0 Å². The van der Waals surface area contributed by atoms with Crippen LogP contribution in [0.25, 0.3) is 0 Å². The average Bonchev–Trinajstić information content (AvgIpc) is 2.79. The topological polar surface area (TPSA) is 50.1 Å². The second kappa shape index (κ2) is 6.88. The molecule has 0 saturated heterocycles. The van der Waals surface area contributed by atoms with E-state index in [0.29, 0.717) is 18.1 Å². The predicted octanol–water partition coefficient (Wildman–Crippen LogP) is 2.46. The van der Waals surface area contributed by atoms with Gasteiger partial charge in [0.25, 0.3) is 0 Å². The summed E-state index contributed by atoms with van der Waals surface area (Å²) in [6.07, 6.45) is 2.40. The van der Waals surface area contributed by atoms with E-state index in [1.807, 2.05) is 30.1 Å². The van der Waals surface area contributed by atoms with Gasteiger partial charge >= 0.3 is 0 Å². The van der Waals surface area contributed by atoms with E-state index in [9.17, 15) is 5.11 Å². The van der Waals surface area contributed by atoms with Crippen LogP contribution in [0.4, 0.5) is 0 Å². The Labute approximate surface area is 124 Å². The van der Waals surface area contributed by atoms with Gasteiger partial charge in [0.1, 0.15) is 0 Å². The summed E-state index contributed by atoms with van der Waals surface area (Å²) in [5.41, 5.74) is 3.14. The van der Waals surface area contributed by atoms with Gasteiger partial charge in [-0.25, -0.2) is 0 Å². The minimum absolute atomic E-state index is 0.500. The first-order valence-corrected chi connectivity index (χ1v) is 7.13. The van der Waals surface area contributed by atoms with Gasteiger partial charge < -0.3 is 10.4 Å². The number of benzene rings is 1. The molecular formula is C15H20ClN3O. The van der Waals surface area contributed by atoms with Gasteiger partial charge in [-0.05, 0) is 24.1 Å². The minimum atomic E-state index is -0.533. The molecule has 2 N–H and O–H groups in total. The maximum Gasteiger partial charge on any atom is 0.0914 e. The lowest BCUT2D eigenvalue weighted by Gasteiger charge is -2.12. The van der Waals surface area contributed by atoms with Crippen LogP contribution in [0, 0.1) is 0 Å². The molecule has 1 aromatic carbocycles. The predicted molar refractivity (Wildman–Crippen MR) is 80.7 cm³/mol. The van der Waals surface area contributed by atoms with Gasteiger partial charge in [-0.3, -0.25) is 4.68 Å². The second-order valence-corrected chi connectivity index (χ2v) is 5.26. The molecule has 0 radical (unpaired) electrons. The van der Waals surface area contributed by atoms with Gasteiger partial charge in [-0.2, -0.15) is 5.10 Å². The maximum atomic E-state index is 10.1. The van der Waals surface area contributed by atoms with Crippen LogP contribution in [0.15, 0.2) is 30.5 Å². The van der Waals surface area contributed by atoms with E-state index in [2.05, 4.69) is 17.3 Å². The number of aliphatic hydroxyl groups is 1. The van der Waals surface area contributed by atoms with Crippen LogP contribution in [0.1, 0.15) is 29.8 Å². The molecule has 1 heterocycles. The number of hydrogen-bond acceptors (Lipinski definition) is 3. The van der Waals surface area contributed by atoms with Crippen molar-refractivity contribution in [3.8, 4) is 0 Å². The molecule has 0 aliphatic heterocycles. The molecule has 108 valence electrons. The van der Waals surface area contributed by atoms with Crippen LogP contribution in [0.5, 0.6) is 0 Å². The molecule has 5 heteroatoms. The van der Waals surface area contributed by atoms with Crippen molar-refractivity contribution in [2.75, 3.05) is 6.54 Å². The summed E-state index contributed by atoms with van der Waals surface area (Å²) in [6.45, 7) is 3.30. The molecule has 2 rings (SSSR count). The Kier molecular flexibility index (Phi) is 5.17. The molecule has 0 aliphatic rings. The summed E-state index contributed by atoms with van der Waals surface area (Å²) in [5.74, 6) is 0. The maximum absolute atomic E-state index is 10.1. The van der Waals surface area contributed by atoms with Gasteiger partial charge in [0, 0.05) is 36.9 Å². The highest BCUT2D eigenvalue weighted by atomic mass is 35.5. The number of aliphatic hydroxyl groups excluding tert-OH is 1. The van der Waals surface area contributed by atoms with Crippen LogP contribution in [-0.2, 0) is 20.0 Å². The highest BCUT2D eigenvalue weighted by Crippen LogP contribution is 2.16. The third kappa shape index (κ3) is 3.82. The zero-order valence-corrected chi connectivity index (χ0v) is 12.6. The quantitative estimate of drug-likeness (QED) is 0.860. The normalized spacial score (nSPS) is 12.6. The van der Waals surface area contributed by atoms with Crippen LogP contribution in [-0.4, -0.2) is 21.4 Å². The number of rotatable bonds is 6. The van der Waals surface area contributed by atoms with Crippen molar-refractivity contribution in [1.29, 1.82) is 0 Å². The van der Waals surface area contributed by atoms with Crippen molar-refractivity contribution in [2.45, 2.75) is 26.0 Å². The number of halogens is 1. The fraction of sp³-hybridized carbons (Fsp3) is 0.400. The first kappa shape index (κ1) is 15.0. The molecule has 0 fully saturated rings. The highest BCUT2D eigenvalue weighted by molar-refractivity contribution is 6.30. The molecule has 0 saturated carbocycles. The Hall–Kier alpha value is -1.36. The lowest BCUT2D eigenvalue weighted by atomic mass is 10.1. The van der Waals surface area contributed by atoms with E-state index in [1.165, 1.54) is 5.56 Å². The standard InChI is InChI=1S/C15H20ClN3O/c1-3-14-12(10-19(2)18-14)8-17-9-15(20)11-4-6-13(16)7-5-11/h4-7,10,15,17,20H,3,8-9H2,1-2H3. The van der Waals surface area contributed by atoms with Crippen molar-refractivity contribution in [3.63, 3.8) is 0 Å². The number of hydrogen-bond donors (Lipinski definition) is 2. The third-order valence-corrected chi connectivity index (χ3v) is 3.49. The van der Waals surface area contributed by atoms with E-state index in [0.717, 1.165) is 17.7 Å². The van der Waals surface area contributed by atoms with Crippen molar-refractivity contribution < 1.29 is 5.11 Å². The number of aromatic nitrogens is 2. The molecule has 1 unspecified atom stereocenters. The van der Waals surface area contributed by atoms with Crippen molar-refractivity contribution in [3.05, 3.63) is 52.3 Å². The lowest BCUT2D eigenvalue weighted by molar-refractivity contribution is 0.174.